The Morgan fingerprint density at radius 1 is 0.444 bits per heavy atom. The van der Waals surface area contributed by atoms with Gasteiger partial charge in [0.1, 0.15) is 11.2 Å². The number of carbonyl (C=O) groups is 4. The molecule has 8 rings (SSSR count). The lowest BCUT2D eigenvalue weighted by Crippen LogP contribution is -2.46. The first kappa shape index (κ1) is 60.3. The van der Waals surface area contributed by atoms with Crippen molar-refractivity contribution >= 4 is 47.9 Å². The summed E-state index contributed by atoms with van der Waals surface area (Å²) in [5, 5.41) is 6.70. The quantitative estimate of drug-likeness (QED) is 0.315. The van der Waals surface area contributed by atoms with Crippen LogP contribution in [-0.4, -0.2) is 204 Å². The van der Waals surface area contributed by atoms with Crippen LogP contribution in [0.25, 0.3) is 0 Å². The number of aromatic nitrogens is 2. The number of piperidine rings is 6. The number of likely N-dealkylation sites (tertiary alicyclic amines) is 4. The molecule has 8 heterocycles. The van der Waals surface area contributed by atoms with Crippen molar-refractivity contribution in [3.05, 3.63) is 60.2 Å². The summed E-state index contributed by atoms with van der Waals surface area (Å²) in [4.78, 5) is 64.3. The molecule has 0 saturated carbocycles. The second-order valence-electron chi connectivity index (χ2n) is 21.1. The number of amides is 4. The predicted molar refractivity (Wildman–Crippen MR) is 280 cm³/mol. The van der Waals surface area contributed by atoms with E-state index in [0.717, 1.165) is 135 Å². The van der Waals surface area contributed by atoms with Crippen molar-refractivity contribution in [2.24, 2.45) is 0 Å². The van der Waals surface area contributed by atoms with Gasteiger partial charge in [0, 0.05) is 112 Å². The lowest BCUT2D eigenvalue weighted by Gasteiger charge is -2.37. The summed E-state index contributed by atoms with van der Waals surface area (Å²) in [6.07, 6.45) is 19.5. The van der Waals surface area contributed by atoms with Crippen LogP contribution in [0.4, 0.5) is 9.59 Å². The zero-order valence-corrected chi connectivity index (χ0v) is 44.1. The SMILES string of the molecule is CC(C)(C)OC(=O)N1CCC(OC2CCN(C(=O)c3ccncc3)CC2)CC1.CC(C)(C)OC(=O)N1CCC(OC2CCNCC2)CC1.O=C(c1ccncc1)N1CCC(OC2CCNCC2)CC1.[B].[B][B]. The van der Waals surface area contributed by atoms with Crippen LogP contribution in [0.5, 0.6) is 0 Å². The van der Waals surface area contributed by atoms with Crippen molar-refractivity contribution < 1.29 is 42.9 Å². The molecule has 6 aliphatic rings. The van der Waals surface area contributed by atoms with Gasteiger partial charge < -0.3 is 53.9 Å². The molecule has 0 atom stereocenters. The van der Waals surface area contributed by atoms with E-state index >= 15 is 0 Å². The van der Waals surface area contributed by atoms with Gasteiger partial charge in [0.25, 0.3) is 11.8 Å². The second-order valence-corrected chi connectivity index (χ2v) is 21.1. The molecule has 6 fully saturated rings. The van der Waals surface area contributed by atoms with E-state index in [9.17, 15) is 19.2 Å². The Kier molecular flexibility index (Phi) is 25.8. The maximum atomic E-state index is 12.5. The van der Waals surface area contributed by atoms with Gasteiger partial charge in [-0.3, -0.25) is 19.6 Å². The maximum Gasteiger partial charge on any atom is 0.410 e. The first-order valence-corrected chi connectivity index (χ1v) is 26.1. The standard InChI is InChI=1S/C21H31N3O4.C16H23N3O2.C15H28N2O3.B2.B/c1-21(2,3)28-20(26)24-14-8-18(9-15-24)27-17-6-12-23(13-7-17)19(25)16-4-10-22-11-5-16;20-16(13-1-7-17-8-2-13)19-11-5-15(6-12-19)21-14-3-9-18-10-4-14;1-15(2,3)20-14(18)17-10-6-13(7-11-17)19-12-4-8-16-9-5-12;1-2;/h4-5,10-11,17-18H,6-9,12-15H2,1-3H3;1-2,7-8,14-15,18H,3-6,9-12H2;12-13,16H,4-11H2,1-3H3;;. The van der Waals surface area contributed by atoms with E-state index in [1.807, 2.05) is 51.3 Å². The molecule has 72 heavy (non-hydrogen) atoms. The molecule has 4 amide bonds. The highest BCUT2D eigenvalue weighted by molar-refractivity contribution is 6.75. The van der Waals surface area contributed by atoms with Gasteiger partial charge in [-0.2, -0.15) is 0 Å². The van der Waals surface area contributed by atoms with Crippen LogP contribution in [0, 0.1) is 0 Å². The first-order valence-electron chi connectivity index (χ1n) is 26.1. The van der Waals surface area contributed by atoms with Crippen LogP contribution in [0.15, 0.2) is 49.1 Å². The van der Waals surface area contributed by atoms with Gasteiger partial charge in [-0.25, -0.2) is 9.59 Å². The third kappa shape index (κ3) is 21.3. The Morgan fingerprint density at radius 3 is 0.931 bits per heavy atom. The molecule has 20 heteroatoms. The number of nitrogens with zero attached hydrogens (tertiary/aromatic N) is 6. The zero-order valence-electron chi connectivity index (χ0n) is 44.1. The molecule has 6 saturated heterocycles. The van der Waals surface area contributed by atoms with Crippen molar-refractivity contribution in [1.29, 1.82) is 0 Å². The van der Waals surface area contributed by atoms with Crippen LogP contribution < -0.4 is 10.6 Å². The molecule has 393 valence electrons. The van der Waals surface area contributed by atoms with Gasteiger partial charge in [0.15, 0.2) is 0 Å². The van der Waals surface area contributed by atoms with Crippen molar-refractivity contribution in [3.63, 3.8) is 0 Å². The molecule has 2 aromatic rings. The highest BCUT2D eigenvalue weighted by atomic mass is 16.6. The Morgan fingerprint density at radius 2 is 0.681 bits per heavy atom. The molecule has 17 nitrogen and oxygen atoms in total. The average Bonchev–Trinajstić information content (AvgIpc) is 3.38. The fraction of sp³-hybridized carbons (Fsp3) is 0.731. The summed E-state index contributed by atoms with van der Waals surface area (Å²) < 4.78 is 29.4. The average molecular weight is 996 g/mol. The summed E-state index contributed by atoms with van der Waals surface area (Å²) in [5.41, 5.74) is 0.526. The van der Waals surface area contributed by atoms with Crippen LogP contribution in [-0.2, 0) is 23.7 Å². The summed E-state index contributed by atoms with van der Waals surface area (Å²) in [5.74, 6) is 0.171. The van der Waals surface area contributed by atoms with E-state index in [1.54, 1.807) is 58.9 Å². The number of pyridine rings is 2. The van der Waals surface area contributed by atoms with E-state index in [0.29, 0.717) is 56.2 Å². The first-order chi connectivity index (χ1) is 34.1. The number of carbonyl (C=O) groups excluding carboxylic acids is 4. The van der Waals surface area contributed by atoms with E-state index in [4.69, 9.17) is 23.7 Å². The molecule has 0 spiro atoms. The summed E-state index contributed by atoms with van der Waals surface area (Å²) >= 11 is 0. The van der Waals surface area contributed by atoms with Gasteiger partial charge in [-0.15, -0.1) is 0 Å². The smallest absolute Gasteiger partial charge is 0.410 e. The fourth-order valence-corrected chi connectivity index (χ4v) is 9.43. The van der Waals surface area contributed by atoms with E-state index < -0.39 is 11.2 Å². The topological polar surface area (TPSA) is 177 Å². The van der Waals surface area contributed by atoms with Crippen LogP contribution >= 0.6 is 0 Å². The lowest BCUT2D eigenvalue weighted by molar-refractivity contribution is -0.0636. The lowest BCUT2D eigenvalue weighted by atomic mass is 9.81. The molecule has 0 unspecified atom stereocenters. The molecule has 2 N–H and O–H groups in total. The highest BCUT2D eigenvalue weighted by Crippen LogP contribution is 2.25. The summed E-state index contributed by atoms with van der Waals surface area (Å²) in [7, 11) is 8.00. The minimum Gasteiger partial charge on any atom is -0.444 e. The minimum atomic E-state index is -0.466. The maximum absolute atomic E-state index is 12.5. The summed E-state index contributed by atoms with van der Waals surface area (Å²) in [6.45, 7) is 21.4. The van der Waals surface area contributed by atoms with Gasteiger partial charge in [-0.05, 0) is 169 Å². The molecule has 0 bridgehead atoms. The third-order valence-electron chi connectivity index (χ3n) is 13.2. The highest BCUT2D eigenvalue weighted by Gasteiger charge is 2.32. The van der Waals surface area contributed by atoms with Crippen molar-refractivity contribution in [3.8, 4) is 0 Å². The molecule has 0 aliphatic carbocycles. The van der Waals surface area contributed by atoms with E-state index in [1.165, 1.54) is 0 Å². The fourth-order valence-electron chi connectivity index (χ4n) is 9.43. The summed E-state index contributed by atoms with van der Waals surface area (Å²) in [6, 6.07) is 7.06. The van der Waals surface area contributed by atoms with Crippen molar-refractivity contribution in [1.82, 2.24) is 40.2 Å². The number of nitrogens with one attached hydrogen (secondary N) is 2. The van der Waals surface area contributed by atoms with Gasteiger partial charge in [0.2, 0.25) is 0 Å². The van der Waals surface area contributed by atoms with E-state index in [2.05, 4.69) is 36.1 Å². The number of ether oxygens (including phenoxy) is 5. The number of hydrogen-bond donors (Lipinski definition) is 2. The predicted octanol–water partition coefficient (Wildman–Crippen LogP) is 5.57. The molecule has 6 aliphatic heterocycles. The van der Waals surface area contributed by atoms with Crippen LogP contribution in [0.1, 0.15) is 139 Å². The van der Waals surface area contributed by atoms with Gasteiger partial charge >= 0.3 is 12.2 Å². The third-order valence-corrected chi connectivity index (χ3v) is 13.2. The van der Waals surface area contributed by atoms with Crippen molar-refractivity contribution in [2.75, 3.05) is 78.5 Å². The normalized spacial score (nSPS) is 20.2. The molecule has 2 aromatic heterocycles. The Bertz CT molecular complexity index is 1860. The monoisotopic (exact) mass is 996 g/mol. The Labute approximate surface area is 434 Å². The van der Waals surface area contributed by atoms with Gasteiger partial charge in [-0.1, -0.05) is 0 Å². The Hall–Kier alpha value is -4.23. The largest absolute Gasteiger partial charge is 0.444 e. The Balaban J connectivity index is 0.000000233. The number of rotatable bonds is 8. The van der Waals surface area contributed by atoms with Crippen LogP contribution in [0.2, 0.25) is 0 Å². The number of hydrogen-bond acceptors (Lipinski definition) is 13. The second kappa shape index (κ2) is 30.8. The molecule has 0 aromatic carbocycles. The zero-order chi connectivity index (χ0) is 51.2. The van der Waals surface area contributed by atoms with Gasteiger partial charge in [0.05, 0.1) is 36.6 Å². The van der Waals surface area contributed by atoms with Crippen LogP contribution in [0.3, 0.4) is 0 Å². The molecular formula is C52H82B3N8O9. The van der Waals surface area contributed by atoms with E-state index in [-0.39, 0.29) is 44.6 Å². The van der Waals surface area contributed by atoms with Crippen molar-refractivity contribution in [2.45, 2.75) is 166 Å². The minimum absolute atomic E-state index is 0. The molecular weight excluding hydrogens is 913 g/mol. The molecule has 7 radical (unpaired) electrons.